The van der Waals surface area contributed by atoms with Gasteiger partial charge in [-0.15, -0.1) is 35.1 Å². The van der Waals surface area contributed by atoms with Gasteiger partial charge in [0.2, 0.25) is 5.91 Å². The van der Waals surface area contributed by atoms with E-state index in [-0.39, 0.29) is 30.4 Å². The lowest BCUT2D eigenvalue weighted by atomic mass is 10.2. The Bertz CT molecular complexity index is 889. The van der Waals surface area contributed by atoms with E-state index in [2.05, 4.69) is 15.6 Å². The Morgan fingerprint density at radius 1 is 1.32 bits per heavy atom. The SMILES string of the molecule is CNCCCNC(=O)Cn1cnc2scc(-c3cccs3)c2c1=O.Cl. The standard InChI is InChI=1S/C16H18N4O2S2.ClH/c1-17-5-3-6-18-13(21)8-20-10-19-15-14(16(20)22)11(9-24-15)12-4-2-7-23-12;/h2,4,7,9-10,17H,3,5-6,8H2,1H3,(H,18,21);1H. The zero-order valence-corrected chi connectivity index (χ0v) is 16.1. The molecule has 0 fully saturated rings. The molecule has 2 N–H and O–H groups in total. The minimum absolute atomic E-state index is 0. The third-order valence-electron chi connectivity index (χ3n) is 3.59. The molecule has 3 aromatic rings. The summed E-state index contributed by atoms with van der Waals surface area (Å²) in [7, 11) is 1.87. The number of fused-ring (bicyclic) bond motifs is 1. The number of amides is 1. The van der Waals surface area contributed by atoms with Crippen LogP contribution in [-0.2, 0) is 11.3 Å². The maximum Gasteiger partial charge on any atom is 0.263 e. The second-order valence-corrected chi connectivity index (χ2v) is 7.10. The summed E-state index contributed by atoms with van der Waals surface area (Å²) in [5.41, 5.74) is 0.723. The first-order valence-corrected chi connectivity index (χ1v) is 9.38. The topological polar surface area (TPSA) is 76.0 Å². The maximum atomic E-state index is 12.8. The fourth-order valence-corrected chi connectivity index (χ4v) is 4.12. The Balaban J connectivity index is 0.00000225. The Morgan fingerprint density at radius 2 is 2.16 bits per heavy atom. The molecular weight excluding hydrogens is 380 g/mol. The number of rotatable bonds is 7. The van der Waals surface area contributed by atoms with Gasteiger partial charge < -0.3 is 10.6 Å². The van der Waals surface area contributed by atoms with Crippen molar-refractivity contribution in [3.8, 4) is 10.4 Å². The molecule has 0 bridgehead atoms. The highest BCUT2D eigenvalue weighted by Gasteiger charge is 2.15. The van der Waals surface area contributed by atoms with Gasteiger partial charge in [-0.1, -0.05) is 6.07 Å². The molecule has 25 heavy (non-hydrogen) atoms. The Hall–Kier alpha value is -1.74. The zero-order valence-electron chi connectivity index (χ0n) is 13.7. The number of hydrogen-bond donors (Lipinski definition) is 2. The molecule has 0 aromatic carbocycles. The minimum atomic E-state index is -0.178. The molecule has 3 heterocycles. The van der Waals surface area contributed by atoms with E-state index < -0.39 is 0 Å². The zero-order chi connectivity index (χ0) is 16.9. The average Bonchev–Trinajstić information content (AvgIpc) is 3.23. The Kier molecular flexibility index (Phi) is 7.12. The summed E-state index contributed by atoms with van der Waals surface area (Å²) in [4.78, 5) is 30.8. The van der Waals surface area contributed by atoms with Gasteiger partial charge in [0.05, 0.1) is 11.7 Å². The predicted molar refractivity (Wildman–Crippen MR) is 106 cm³/mol. The normalized spacial score (nSPS) is 10.6. The third-order valence-corrected chi connectivity index (χ3v) is 5.38. The maximum absolute atomic E-state index is 12.8. The van der Waals surface area contributed by atoms with E-state index in [1.807, 2.05) is 29.9 Å². The van der Waals surface area contributed by atoms with E-state index in [1.54, 1.807) is 11.3 Å². The molecular formula is C16H19ClN4O2S2. The highest BCUT2D eigenvalue weighted by atomic mass is 35.5. The number of nitrogens with zero attached hydrogens (tertiary/aromatic N) is 2. The molecule has 0 unspecified atom stereocenters. The van der Waals surface area contributed by atoms with E-state index in [4.69, 9.17) is 0 Å². The van der Waals surface area contributed by atoms with Gasteiger partial charge in [0.25, 0.3) is 5.56 Å². The molecule has 0 spiro atoms. The monoisotopic (exact) mass is 398 g/mol. The second kappa shape index (κ2) is 9.10. The van der Waals surface area contributed by atoms with E-state index in [9.17, 15) is 9.59 Å². The number of halogens is 1. The molecule has 6 nitrogen and oxygen atoms in total. The molecule has 0 saturated heterocycles. The van der Waals surface area contributed by atoms with Crippen molar-refractivity contribution in [1.82, 2.24) is 20.2 Å². The molecule has 0 atom stereocenters. The predicted octanol–water partition coefficient (Wildman–Crippen LogP) is 2.33. The molecule has 1 amide bonds. The van der Waals surface area contributed by atoms with Gasteiger partial charge in [0.1, 0.15) is 11.4 Å². The van der Waals surface area contributed by atoms with Crippen LogP contribution in [0.25, 0.3) is 20.7 Å². The van der Waals surface area contributed by atoms with Crippen molar-refractivity contribution in [3.05, 3.63) is 39.6 Å². The van der Waals surface area contributed by atoms with Gasteiger partial charge in [-0.25, -0.2) is 4.98 Å². The van der Waals surface area contributed by atoms with Crippen LogP contribution >= 0.6 is 35.1 Å². The molecule has 9 heteroatoms. The average molecular weight is 399 g/mol. The van der Waals surface area contributed by atoms with E-state index >= 15 is 0 Å². The minimum Gasteiger partial charge on any atom is -0.355 e. The third kappa shape index (κ3) is 4.46. The van der Waals surface area contributed by atoms with Crippen molar-refractivity contribution in [3.63, 3.8) is 0 Å². The summed E-state index contributed by atoms with van der Waals surface area (Å²) in [6.07, 6.45) is 2.30. The van der Waals surface area contributed by atoms with Crippen LogP contribution in [0.1, 0.15) is 6.42 Å². The fraction of sp³-hybridized carbons (Fsp3) is 0.312. The smallest absolute Gasteiger partial charge is 0.263 e. The van der Waals surface area contributed by atoms with Crippen molar-refractivity contribution in [2.24, 2.45) is 0 Å². The Labute approximate surface area is 159 Å². The first-order valence-electron chi connectivity index (χ1n) is 7.62. The Morgan fingerprint density at radius 3 is 2.88 bits per heavy atom. The first kappa shape index (κ1) is 19.6. The second-order valence-electron chi connectivity index (χ2n) is 5.29. The number of thiophene rings is 2. The van der Waals surface area contributed by atoms with Gasteiger partial charge >= 0.3 is 0 Å². The summed E-state index contributed by atoms with van der Waals surface area (Å²) in [6, 6.07) is 3.94. The summed E-state index contributed by atoms with van der Waals surface area (Å²) in [5.74, 6) is -0.178. The van der Waals surface area contributed by atoms with Crippen LogP contribution in [-0.4, -0.2) is 35.6 Å². The van der Waals surface area contributed by atoms with Crippen molar-refractivity contribution < 1.29 is 4.79 Å². The molecule has 0 aliphatic rings. The lowest BCUT2D eigenvalue weighted by molar-refractivity contribution is -0.121. The van der Waals surface area contributed by atoms with Crippen molar-refractivity contribution in [2.45, 2.75) is 13.0 Å². The lowest BCUT2D eigenvalue weighted by Gasteiger charge is -2.07. The largest absolute Gasteiger partial charge is 0.355 e. The quantitative estimate of drug-likeness (QED) is 0.599. The molecule has 0 aliphatic heterocycles. The highest BCUT2D eigenvalue weighted by Crippen LogP contribution is 2.33. The number of aromatic nitrogens is 2. The molecule has 134 valence electrons. The van der Waals surface area contributed by atoms with Crippen LogP contribution in [0.4, 0.5) is 0 Å². The van der Waals surface area contributed by atoms with Crippen molar-refractivity contribution in [1.29, 1.82) is 0 Å². The molecule has 3 aromatic heterocycles. The molecule has 3 rings (SSSR count). The van der Waals surface area contributed by atoms with Crippen LogP contribution in [0.2, 0.25) is 0 Å². The van der Waals surface area contributed by atoms with Gasteiger partial charge in [-0.2, -0.15) is 0 Å². The summed E-state index contributed by atoms with van der Waals surface area (Å²) in [5, 5.41) is 10.4. The van der Waals surface area contributed by atoms with E-state index in [0.717, 1.165) is 23.4 Å². The van der Waals surface area contributed by atoms with Crippen LogP contribution in [0.3, 0.4) is 0 Å². The van der Waals surface area contributed by atoms with E-state index in [0.29, 0.717) is 16.8 Å². The van der Waals surface area contributed by atoms with Crippen molar-refractivity contribution in [2.75, 3.05) is 20.1 Å². The number of carbonyl (C=O) groups is 1. The number of nitrogens with one attached hydrogen (secondary N) is 2. The van der Waals surface area contributed by atoms with Crippen molar-refractivity contribution >= 4 is 51.2 Å². The lowest BCUT2D eigenvalue weighted by Crippen LogP contribution is -2.33. The summed E-state index contributed by atoms with van der Waals surface area (Å²) < 4.78 is 1.37. The van der Waals surface area contributed by atoms with Crippen LogP contribution in [0.15, 0.2) is 34.0 Å². The highest BCUT2D eigenvalue weighted by molar-refractivity contribution is 7.18. The molecule has 0 saturated carbocycles. The fourth-order valence-electron chi connectivity index (χ4n) is 2.40. The van der Waals surface area contributed by atoms with Gasteiger partial charge in [-0.3, -0.25) is 14.2 Å². The number of carbonyl (C=O) groups excluding carboxylic acids is 1. The van der Waals surface area contributed by atoms with Crippen LogP contribution < -0.4 is 16.2 Å². The molecule has 0 aliphatic carbocycles. The summed E-state index contributed by atoms with van der Waals surface area (Å²) >= 11 is 3.03. The number of hydrogen-bond acceptors (Lipinski definition) is 6. The first-order chi connectivity index (χ1) is 11.7. The summed E-state index contributed by atoms with van der Waals surface area (Å²) in [6.45, 7) is 1.41. The van der Waals surface area contributed by atoms with Gasteiger partial charge in [-0.05, 0) is 31.5 Å². The van der Waals surface area contributed by atoms with E-state index in [1.165, 1.54) is 22.2 Å². The van der Waals surface area contributed by atoms with Crippen LogP contribution in [0, 0.1) is 0 Å². The van der Waals surface area contributed by atoms with Gasteiger partial charge in [0.15, 0.2) is 0 Å². The van der Waals surface area contributed by atoms with Gasteiger partial charge in [0, 0.05) is 22.4 Å². The van der Waals surface area contributed by atoms with Crippen LogP contribution in [0.5, 0.6) is 0 Å². The molecule has 0 radical (unpaired) electrons.